The zero-order chi connectivity index (χ0) is 25.1. The summed E-state index contributed by atoms with van der Waals surface area (Å²) in [6, 6.07) is 5.78. The Morgan fingerprint density at radius 3 is 1.65 bits per heavy atom. The van der Waals surface area contributed by atoms with Crippen molar-refractivity contribution in [2.24, 2.45) is 0 Å². The van der Waals surface area contributed by atoms with Gasteiger partial charge in [0.25, 0.3) is 30.4 Å². The van der Waals surface area contributed by atoms with E-state index < -0.39 is 47.6 Å². The molecule has 0 heterocycles. The predicted molar refractivity (Wildman–Crippen MR) is 117 cm³/mol. The molecule has 0 aliphatic rings. The normalized spacial score (nSPS) is 11.5. The van der Waals surface area contributed by atoms with Crippen molar-refractivity contribution in [2.45, 2.75) is 24.3 Å². The predicted octanol–water partition coefficient (Wildman–Crippen LogP) is 1.55. The molecule has 0 bridgehead atoms. The number of amides is 1. The van der Waals surface area contributed by atoms with E-state index in [1.54, 1.807) is 18.2 Å². The van der Waals surface area contributed by atoms with Crippen LogP contribution in [-0.2, 0) is 35.1 Å². The Morgan fingerprint density at radius 1 is 0.968 bits per heavy atom. The summed E-state index contributed by atoms with van der Waals surface area (Å²) in [5, 5.41) is 2.83. The third-order valence-corrected chi connectivity index (χ3v) is 5.19. The van der Waals surface area contributed by atoms with Gasteiger partial charge in [-0.15, -0.1) is 0 Å². The minimum Gasteiger partial charge on any atom is -0.347 e. The van der Waals surface area contributed by atoms with E-state index in [0.717, 1.165) is 11.6 Å². The van der Waals surface area contributed by atoms with Crippen LogP contribution in [0.15, 0.2) is 60.4 Å². The van der Waals surface area contributed by atoms with Crippen molar-refractivity contribution in [1.82, 2.24) is 5.32 Å². The van der Waals surface area contributed by atoms with Crippen molar-refractivity contribution >= 4 is 42.3 Å². The van der Waals surface area contributed by atoms with E-state index >= 15 is 0 Å². The second-order valence-electron chi connectivity index (χ2n) is 6.23. The Kier molecular flexibility index (Phi) is 12.4. The van der Waals surface area contributed by atoms with Crippen molar-refractivity contribution in [3.63, 3.8) is 0 Å². The zero-order valence-electron chi connectivity index (χ0n) is 16.8. The maximum absolute atomic E-state index is 10.8. The Hall–Kier alpha value is -2.36. The van der Waals surface area contributed by atoms with Crippen molar-refractivity contribution in [3.8, 4) is 0 Å². The lowest BCUT2D eigenvalue weighted by Gasteiger charge is -2.23. The van der Waals surface area contributed by atoms with Gasteiger partial charge in [-0.25, -0.2) is 0 Å². The lowest BCUT2D eigenvalue weighted by Crippen LogP contribution is -2.47. The van der Waals surface area contributed by atoms with Gasteiger partial charge in [-0.05, 0) is 37.6 Å². The van der Waals surface area contributed by atoms with Crippen LogP contribution in [0, 0.1) is 0 Å². The quantitative estimate of drug-likeness (QED) is 0.316. The van der Waals surface area contributed by atoms with Gasteiger partial charge in [0.15, 0.2) is 0 Å². The van der Waals surface area contributed by atoms with Gasteiger partial charge in [-0.1, -0.05) is 37.9 Å². The fraction of sp³-hybridized carbons (Fsp3) is 0.235. The maximum Gasteiger partial charge on any atom is 0.294 e. The summed E-state index contributed by atoms with van der Waals surface area (Å²) in [6.07, 6.45) is 2.62. The molecular weight excluding hydrogens is 474 g/mol. The molecule has 0 fully saturated rings. The van der Waals surface area contributed by atoms with Gasteiger partial charge in [0.05, 0.1) is 21.6 Å². The lowest BCUT2D eigenvalue weighted by molar-refractivity contribution is -0.117. The Bertz CT molecular complexity index is 1070. The van der Waals surface area contributed by atoms with Crippen LogP contribution in [0.1, 0.15) is 19.4 Å². The molecule has 4 N–H and O–H groups in total. The van der Waals surface area contributed by atoms with Gasteiger partial charge in [0.1, 0.15) is 0 Å². The summed E-state index contributed by atoms with van der Waals surface area (Å²) in [6.45, 7) is 12.5. The van der Waals surface area contributed by atoms with Gasteiger partial charge < -0.3 is 5.32 Å². The van der Waals surface area contributed by atoms with Crippen LogP contribution in [-0.4, -0.2) is 56.1 Å². The second-order valence-corrected chi connectivity index (χ2v) is 10.5. The molecule has 11 nitrogen and oxygen atoms in total. The number of benzene rings is 1. The van der Waals surface area contributed by atoms with Crippen LogP contribution >= 0.6 is 0 Å². The van der Waals surface area contributed by atoms with E-state index in [2.05, 4.69) is 25.1 Å². The molecule has 176 valence electrons. The third kappa shape index (κ3) is 18.2. The molecule has 0 unspecified atom stereocenters. The largest absolute Gasteiger partial charge is 0.347 e. The lowest BCUT2D eigenvalue weighted by atomic mass is 10.1. The molecule has 14 heteroatoms. The minimum absolute atomic E-state index is 0.104. The molecule has 1 aromatic rings. The highest BCUT2D eigenvalue weighted by Gasteiger charge is 2.25. The van der Waals surface area contributed by atoms with E-state index in [9.17, 15) is 30.0 Å². The molecule has 0 saturated heterocycles. The van der Waals surface area contributed by atoms with Crippen LogP contribution in [0.5, 0.6) is 0 Å². The number of nitrogens with one attached hydrogen (secondary N) is 1. The highest BCUT2D eigenvalue weighted by Crippen LogP contribution is 2.10. The topological polar surface area (TPSA) is 192 Å². The molecule has 0 aliphatic heterocycles. The van der Waals surface area contributed by atoms with Crippen molar-refractivity contribution in [2.75, 3.05) is 5.75 Å². The Balaban J connectivity index is 0. The van der Waals surface area contributed by atoms with E-state index in [1.807, 2.05) is 0 Å². The first-order valence-electron chi connectivity index (χ1n) is 7.96. The number of carbonyl (C=O) groups excluding carboxylic acids is 1. The molecule has 0 aromatic heterocycles. The number of carbonyl (C=O) groups is 1. The van der Waals surface area contributed by atoms with Crippen molar-refractivity contribution < 1.29 is 43.7 Å². The Labute approximate surface area is 182 Å². The first-order valence-corrected chi connectivity index (χ1v) is 12.5. The molecule has 1 amide bonds. The maximum atomic E-state index is 10.8. The van der Waals surface area contributed by atoms with Crippen molar-refractivity contribution in [3.05, 3.63) is 61.0 Å². The van der Waals surface area contributed by atoms with Crippen LogP contribution in [0.25, 0.3) is 6.08 Å². The summed E-state index contributed by atoms with van der Waals surface area (Å²) in [7, 11) is -12.0. The van der Waals surface area contributed by atoms with Gasteiger partial charge in [0, 0.05) is 0 Å². The monoisotopic (exact) mass is 499 g/mol. The van der Waals surface area contributed by atoms with Crippen molar-refractivity contribution in [1.29, 1.82) is 0 Å². The van der Waals surface area contributed by atoms with E-state index in [0.29, 0.717) is 5.41 Å². The fourth-order valence-corrected chi connectivity index (χ4v) is 3.12. The SMILES string of the molecule is C=CC(=O)NC(C)(C)CS(=O)(=O)O.C=CS(=O)(=O)O.C=Cc1ccc(S(=O)(=O)O)cc1. The smallest absolute Gasteiger partial charge is 0.294 e. The van der Waals surface area contributed by atoms with Gasteiger partial charge in [0.2, 0.25) is 5.91 Å². The highest BCUT2D eigenvalue weighted by atomic mass is 32.2. The standard InChI is InChI=1S/C8H8O3S.C7H13NO4S.C2H4O3S/c1-2-7-3-5-8(6-4-7)12(9,10)11;1-4-6(9)8-7(2,3)5-13(10,11)12;1-2-6(3,4)5/h2-6H,1H2,(H,9,10,11);4H,1,5H2,2-3H3,(H,8,9)(H,10,11,12);2H,1H2,(H,3,4,5). The number of hydrogen-bond donors (Lipinski definition) is 4. The average Bonchev–Trinajstić information content (AvgIpc) is 2.59. The van der Waals surface area contributed by atoms with Crippen LogP contribution in [0.3, 0.4) is 0 Å². The highest BCUT2D eigenvalue weighted by molar-refractivity contribution is 7.88. The molecule has 31 heavy (non-hydrogen) atoms. The first-order chi connectivity index (χ1) is 13.8. The van der Waals surface area contributed by atoms with Crippen LogP contribution in [0.2, 0.25) is 0 Å². The summed E-state index contributed by atoms with van der Waals surface area (Å²) in [5.41, 5.74) is -0.193. The summed E-state index contributed by atoms with van der Waals surface area (Å²) >= 11 is 0. The molecule has 0 saturated carbocycles. The number of hydrogen-bond acceptors (Lipinski definition) is 7. The molecule has 0 aliphatic carbocycles. The van der Waals surface area contributed by atoms with E-state index in [-0.39, 0.29) is 4.90 Å². The first kappa shape index (κ1) is 30.8. The average molecular weight is 500 g/mol. The Morgan fingerprint density at radius 2 is 1.39 bits per heavy atom. The molecular formula is C17H25NO10S3. The summed E-state index contributed by atoms with van der Waals surface area (Å²) < 4.78 is 85.8. The zero-order valence-corrected chi connectivity index (χ0v) is 19.2. The molecule has 0 radical (unpaired) electrons. The number of rotatable bonds is 7. The summed E-state index contributed by atoms with van der Waals surface area (Å²) in [4.78, 5) is 10.7. The molecule has 1 rings (SSSR count). The third-order valence-electron chi connectivity index (χ3n) is 2.81. The van der Waals surface area contributed by atoms with Crippen LogP contribution in [0.4, 0.5) is 0 Å². The van der Waals surface area contributed by atoms with Gasteiger partial charge >= 0.3 is 0 Å². The van der Waals surface area contributed by atoms with Crippen LogP contribution < -0.4 is 5.32 Å². The van der Waals surface area contributed by atoms with Gasteiger partial charge in [-0.2, -0.15) is 25.3 Å². The summed E-state index contributed by atoms with van der Waals surface area (Å²) in [5.74, 6) is -1.01. The van der Waals surface area contributed by atoms with Gasteiger partial charge in [-0.3, -0.25) is 18.5 Å². The molecule has 0 spiro atoms. The van der Waals surface area contributed by atoms with E-state index in [1.165, 1.54) is 26.0 Å². The molecule has 1 aromatic carbocycles. The second kappa shape index (κ2) is 12.5. The van der Waals surface area contributed by atoms with E-state index in [4.69, 9.17) is 13.7 Å². The minimum atomic E-state index is -4.08. The fourth-order valence-electron chi connectivity index (χ4n) is 1.65. The molecule has 0 atom stereocenters.